The van der Waals surface area contributed by atoms with Gasteiger partial charge < -0.3 is 32.7 Å². The van der Waals surface area contributed by atoms with Crippen LogP contribution in [0.15, 0.2) is 0 Å². The Hall–Kier alpha value is -0.440. The first kappa shape index (κ1) is 46.4. The van der Waals surface area contributed by atoms with Crippen molar-refractivity contribution >= 4 is 18.4 Å². The van der Waals surface area contributed by atoms with E-state index in [-0.39, 0.29) is 34.3 Å². The second kappa shape index (κ2) is 22.7. The van der Waals surface area contributed by atoms with E-state index in [1.165, 1.54) is 6.92 Å². The highest BCUT2D eigenvalue weighted by atomic mass is 35.5. The fourth-order valence-corrected chi connectivity index (χ4v) is 0. The highest BCUT2D eigenvalue weighted by Gasteiger charge is 1.99. The van der Waals surface area contributed by atoms with E-state index in [4.69, 9.17) is 10.8 Å². The zero-order valence-corrected chi connectivity index (χ0v) is 6.73. The van der Waals surface area contributed by atoms with Crippen LogP contribution in [0.3, 0.4) is 0 Å². The molecule has 0 radical (unpaired) electrons. The lowest BCUT2D eigenvalue weighted by Crippen LogP contribution is -2.25. The molecular formula is C3H16ClNO6. The summed E-state index contributed by atoms with van der Waals surface area (Å²) in [5.41, 5.74) is 4.84. The van der Waals surface area contributed by atoms with Crippen LogP contribution in [0.4, 0.5) is 0 Å². The fraction of sp³-hybridized carbons (Fsp3) is 0.667. The van der Waals surface area contributed by atoms with E-state index in [0.29, 0.717) is 0 Å². The minimum absolute atomic E-state index is 0. The SMILES string of the molecule is C[C@H](N)C(=O)O.Cl.O.O.O.O. The lowest BCUT2D eigenvalue weighted by atomic mass is 10.4. The van der Waals surface area contributed by atoms with Gasteiger partial charge in [-0.05, 0) is 6.92 Å². The third kappa shape index (κ3) is 43.1. The molecule has 11 heavy (non-hydrogen) atoms. The topological polar surface area (TPSA) is 189 Å². The van der Waals surface area contributed by atoms with Crippen molar-refractivity contribution in [2.24, 2.45) is 5.73 Å². The molecule has 0 aromatic rings. The van der Waals surface area contributed by atoms with Gasteiger partial charge in [-0.15, -0.1) is 12.4 Å². The Kier molecular flexibility index (Phi) is 95.6. The largest absolute Gasteiger partial charge is 0.480 e. The summed E-state index contributed by atoms with van der Waals surface area (Å²) in [6.45, 7) is 1.42. The Bertz CT molecular complexity index is 68.8. The summed E-state index contributed by atoms with van der Waals surface area (Å²) in [5, 5.41) is 7.87. The Morgan fingerprint density at radius 2 is 1.36 bits per heavy atom. The maximum absolute atomic E-state index is 9.57. The smallest absolute Gasteiger partial charge is 0.320 e. The predicted octanol–water partition coefficient (Wildman–Crippen LogP) is -3.46. The van der Waals surface area contributed by atoms with Crippen molar-refractivity contribution in [2.45, 2.75) is 13.0 Å². The van der Waals surface area contributed by atoms with Gasteiger partial charge in [0.2, 0.25) is 0 Å². The van der Waals surface area contributed by atoms with Gasteiger partial charge in [-0.1, -0.05) is 0 Å². The van der Waals surface area contributed by atoms with Crippen LogP contribution in [0.2, 0.25) is 0 Å². The van der Waals surface area contributed by atoms with E-state index in [1.54, 1.807) is 0 Å². The van der Waals surface area contributed by atoms with Gasteiger partial charge >= 0.3 is 5.97 Å². The number of carbonyl (C=O) groups is 1. The molecule has 7 nitrogen and oxygen atoms in total. The third-order valence-corrected chi connectivity index (χ3v) is 0.390. The van der Waals surface area contributed by atoms with Crippen molar-refractivity contribution in [3.8, 4) is 0 Å². The normalized spacial score (nSPS) is 7.45. The summed E-state index contributed by atoms with van der Waals surface area (Å²) in [6.07, 6.45) is 0. The van der Waals surface area contributed by atoms with Crippen LogP contribution in [0, 0.1) is 0 Å². The van der Waals surface area contributed by atoms with Crippen LogP contribution in [-0.2, 0) is 4.79 Å². The van der Waals surface area contributed by atoms with E-state index in [0.717, 1.165) is 0 Å². The summed E-state index contributed by atoms with van der Waals surface area (Å²) in [5.74, 6) is -0.963. The maximum atomic E-state index is 9.57. The molecule has 0 saturated heterocycles. The molecule has 0 aliphatic carbocycles. The number of halogens is 1. The molecule has 0 spiro atoms. The van der Waals surface area contributed by atoms with Crippen LogP contribution < -0.4 is 5.73 Å². The van der Waals surface area contributed by atoms with Gasteiger partial charge in [-0.3, -0.25) is 4.79 Å². The van der Waals surface area contributed by atoms with Crippen molar-refractivity contribution < 1.29 is 31.8 Å². The molecule has 1 atom stereocenters. The summed E-state index contributed by atoms with van der Waals surface area (Å²) in [4.78, 5) is 9.57. The quantitative estimate of drug-likeness (QED) is 0.442. The summed E-state index contributed by atoms with van der Waals surface area (Å²) in [7, 11) is 0. The summed E-state index contributed by atoms with van der Waals surface area (Å²) in [6, 6.07) is -0.731. The molecule has 0 aliphatic rings. The van der Waals surface area contributed by atoms with Gasteiger partial charge in [0.25, 0.3) is 0 Å². The van der Waals surface area contributed by atoms with Gasteiger partial charge in [0.1, 0.15) is 6.04 Å². The van der Waals surface area contributed by atoms with Crippen LogP contribution in [-0.4, -0.2) is 39.0 Å². The second-order valence-corrected chi connectivity index (χ2v) is 1.13. The van der Waals surface area contributed by atoms with Crippen molar-refractivity contribution in [3.05, 3.63) is 0 Å². The molecule has 0 rings (SSSR count). The van der Waals surface area contributed by atoms with Crippen molar-refractivity contribution in [1.29, 1.82) is 0 Å². The van der Waals surface area contributed by atoms with E-state index < -0.39 is 12.0 Å². The first-order valence-corrected chi connectivity index (χ1v) is 1.63. The molecule has 8 heteroatoms. The van der Waals surface area contributed by atoms with E-state index >= 15 is 0 Å². The van der Waals surface area contributed by atoms with Crippen LogP contribution in [0.1, 0.15) is 6.92 Å². The molecule has 0 bridgehead atoms. The van der Waals surface area contributed by atoms with Crippen molar-refractivity contribution in [3.63, 3.8) is 0 Å². The van der Waals surface area contributed by atoms with Gasteiger partial charge in [0.15, 0.2) is 0 Å². The van der Waals surface area contributed by atoms with Crippen LogP contribution in [0.25, 0.3) is 0 Å². The average Bonchev–Trinajstić information content (AvgIpc) is 1.36. The Labute approximate surface area is 69.8 Å². The molecule has 0 aromatic heterocycles. The van der Waals surface area contributed by atoms with E-state index in [1.807, 2.05) is 0 Å². The number of carboxylic acids is 1. The molecule has 0 aliphatic heterocycles. The third-order valence-electron chi connectivity index (χ3n) is 0.390. The molecule has 76 valence electrons. The highest BCUT2D eigenvalue weighted by molar-refractivity contribution is 5.85. The number of hydrogen-bond donors (Lipinski definition) is 2. The van der Waals surface area contributed by atoms with Crippen molar-refractivity contribution in [1.82, 2.24) is 0 Å². The lowest BCUT2D eigenvalue weighted by molar-refractivity contribution is -0.138. The maximum Gasteiger partial charge on any atom is 0.320 e. The van der Waals surface area contributed by atoms with Gasteiger partial charge in [0, 0.05) is 0 Å². The molecule has 0 amide bonds. The Morgan fingerprint density at radius 1 is 1.27 bits per heavy atom. The first-order chi connectivity index (χ1) is 2.64. The number of carboxylic acid groups (broad SMARTS) is 1. The molecular weight excluding hydrogens is 181 g/mol. The second-order valence-electron chi connectivity index (χ2n) is 1.13. The molecule has 0 saturated carbocycles. The highest BCUT2D eigenvalue weighted by Crippen LogP contribution is 1.68. The minimum Gasteiger partial charge on any atom is -0.480 e. The van der Waals surface area contributed by atoms with Gasteiger partial charge in [-0.2, -0.15) is 0 Å². The summed E-state index contributed by atoms with van der Waals surface area (Å²) >= 11 is 0. The number of aliphatic carboxylic acids is 1. The Balaban J connectivity index is -0.0000000125. The molecule has 0 fully saturated rings. The molecule has 0 aromatic carbocycles. The molecule has 0 heterocycles. The lowest BCUT2D eigenvalue weighted by Gasteiger charge is -1.90. The van der Waals surface area contributed by atoms with Crippen molar-refractivity contribution in [2.75, 3.05) is 0 Å². The molecule has 11 N–H and O–H groups in total. The van der Waals surface area contributed by atoms with Gasteiger partial charge in [-0.25, -0.2) is 0 Å². The van der Waals surface area contributed by atoms with Crippen LogP contribution in [0.5, 0.6) is 0 Å². The first-order valence-electron chi connectivity index (χ1n) is 1.63. The number of rotatable bonds is 1. The zero-order chi connectivity index (χ0) is 5.15. The van der Waals surface area contributed by atoms with Crippen LogP contribution >= 0.6 is 12.4 Å². The molecule has 0 unspecified atom stereocenters. The van der Waals surface area contributed by atoms with Gasteiger partial charge in [0.05, 0.1) is 0 Å². The number of hydrogen-bond acceptors (Lipinski definition) is 2. The minimum atomic E-state index is -0.963. The predicted molar refractivity (Wildman–Crippen MR) is 43.0 cm³/mol. The summed E-state index contributed by atoms with van der Waals surface area (Å²) < 4.78 is 0. The Morgan fingerprint density at radius 3 is 1.36 bits per heavy atom. The fourth-order valence-electron chi connectivity index (χ4n) is 0. The zero-order valence-electron chi connectivity index (χ0n) is 5.92. The standard InChI is InChI=1S/C3H7NO2.ClH.4H2O/c1-2(4)3(5)6;;;;;/h2H,4H2,1H3,(H,5,6);1H;4*1H2/t2-;;;;;/m0...../s1. The van der Waals surface area contributed by atoms with E-state index in [2.05, 4.69) is 0 Å². The van der Waals surface area contributed by atoms with E-state index in [9.17, 15) is 4.79 Å². The average molecular weight is 198 g/mol. The monoisotopic (exact) mass is 197 g/mol. The number of nitrogens with two attached hydrogens (primary N) is 1.